The molecule has 0 amide bonds. The van der Waals surface area contributed by atoms with Crippen LogP contribution >= 0.6 is 11.6 Å². The summed E-state index contributed by atoms with van der Waals surface area (Å²) < 4.78 is 0. The van der Waals surface area contributed by atoms with Gasteiger partial charge in [0.1, 0.15) is 0 Å². The van der Waals surface area contributed by atoms with Crippen molar-refractivity contribution in [2.45, 2.75) is 26.8 Å². The molecule has 0 unspecified atom stereocenters. The molecule has 0 aliphatic heterocycles. The topological polar surface area (TPSA) is 29.3 Å². The Labute approximate surface area is 126 Å². The molecule has 2 aromatic carbocycles. The summed E-state index contributed by atoms with van der Waals surface area (Å²) in [4.78, 5) is 2.20. The van der Waals surface area contributed by atoms with Crippen molar-refractivity contribution in [1.82, 2.24) is 0 Å². The van der Waals surface area contributed by atoms with E-state index >= 15 is 0 Å². The average molecular weight is 289 g/mol. The first-order valence-electron chi connectivity index (χ1n) is 6.85. The van der Waals surface area contributed by atoms with Crippen LogP contribution in [0.15, 0.2) is 36.4 Å². The molecule has 2 aromatic rings. The number of benzene rings is 2. The smallest absolute Gasteiger partial charge is 0.0656 e. The molecule has 0 aliphatic rings. The zero-order chi connectivity index (χ0) is 14.7. The predicted octanol–water partition coefficient (Wildman–Crippen LogP) is 4.43. The van der Waals surface area contributed by atoms with Gasteiger partial charge in [-0.3, -0.25) is 0 Å². The number of rotatable bonds is 4. The molecule has 2 nitrogen and oxygen atoms in total. The van der Waals surface area contributed by atoms with E-state index in [1.165, 1.54) is 11.1 Å². The summed E-state index contributed by atoms with van der Waals surface area (Å²) in [6, 6.07) is 12.6. The van der Waals surface area contributed by atoms with Gasteiger partial charge in [0.2, 0.25) is 0 Å². The molecule has 0 atom stereocenters. The molecule has 0 saturated heterocycles. The van der Waals surface area contributed by atoms with Crippen molar-refractivity contribution in [3.8, 4) is 0 Å². The Balaban J connectivity index is 2.18. The lowest BCUT2D eigenvalue weighted by Gasteiger charge is -2.22. The van der Waals surface area contributed by atoms with E-state index in [1.54, 1.807) is 0 Å². The van der Waals surface area contributed by atoms with Gasteiger partial charge < -0.3 is 10.6 Å². The normalized spacial score (nSPS) is 10.6. The van der Waals surface area contributed by atoms with Gasteiger partial charge in [0.15, 0.2) is 0 Å². The fourth-order valence-electron chi connectivity index (χ4n) is 2.34. The number of aryl methyl sites for hydroxylation is 2. The van der Waals surface area contributed by atoms with E-state index in [0.717, 1.165) is 24.2 Å². The van der Waals surface area contributed by atoms with E-state index < -0.39 is 0 Å². The number of hydrogen-bond donors (Lipinski definition) is 1. The summed E-state index contributed by atoms with van der Waals surface area (Å²) in [5, 5.41) is 0.610. The van der Waals surface area contributed by atoms with Crippen LogP contribution in [-0.4, -0.2) is 7.05 Å². The van der Waals surface area contributed by atoms with E-state index in [1.807, 2.05) is 12.1 Å². The van der Waals surface area contributed by atoms with E-state index in [2.05, 4.69) is 50.1 Å². The van der Waals surface area contributed by atoms with Gasteiger partial charge in [-0.2, -0.15) is 0 Å². The van der Waals surface area contributed by atoms with E-state index in [0.29, 0.717) is 10.7 Å². The van der Waals surface area contributed by atoms with Crippen molar-refractivity contribution in [3.63, 3.8) is 0 Å². The standard InChI is InChI=1S/C17H21ClN2/c1-4-13-5-7-14(8-6-13)11-20(3)17-10-15(18)16(19)9-12(17)2/h5-10H,4,11,19H2,1-3H3. The Morgan fingerprint density at radius 1 is 1.10 bits per heavy atom. The largest absolute Gasteiger partial charge is 0.398 e. The molecule has 106 valence electrons. The Morgan fingerprint density at radius 2 is 1.70 bits per heavy atom. The van der Waals surface area contributed by atoms with Crippen molar-refractivity contribution in [2.75, 3.05) is 17.7 Å². The van der Waals surface area contributed by atoms with Crippen molar-refractivity contribution in [1.29, 1.82) is 0 Å². The average Bonchev–Trinajstić information content (AvgIpc) is 2.43. The first kappa shape index (κ1) is 14.7. The van der Waals surface area contributed by atoms with Crippen LogP contribution in [0.3, 0.4) is 0 Å². The predicted molar refractivity (Wildman–Crippen MR) is 88.5 cm³/mol. The Bertz CT molecular complexity index is 591. The maximum Gasteiger partial charge on any atom is 0.0656 e. The van der Waals surface area contributed by atoms with Crippen molar-refractivity contribution < 1.29 is 0 Å². The molecule has 0 bridgehead atoms. The lowest BCUT2D eigenvalue weighted by atomic mass is 10.1. The maximum atomic E-state index is 6.12. The molecule has 20 heavy (non-hydrogen) atoms. The third-order valence-corrected chi connectivity index (χ3v) is 3.90. The quantitative estimate of drug-likeness (QED) is 0.843. The Hall–Kier alpha value is -1.67. The molecule has 0 aromatic heterocycles. The first-order chi connectivity index (χ1) is 9.51. The van der Waals surface area contributed by atoms with Gasteiger partial charge in [0.05, 0.1) is 10.7 Å². The van der Waals surface area contributed by atoms with Gasteiger partial charge in [0, 0.05) is 19.3 Å². The second-order valence-corrected chi connectivity index (χ2v) is 5.59. The summed E-state index contributed by atoms with van der Waals surface area (Å²) in [5.74, 6) is 0. The molecular formula is C17H21ClN2. The van der Waals surface area contributed by atoms with E-state index in [9.17, 15) is 0 Å². The Morgan fingerprint density at radius 3 is 2.30 bits per heavy atom. The van der Waals surface area contributed by atoms with Gasteiger partial charge in [-0.25, -0.2) is 0 Å². The minimum absolute atomic E-state index is 0.610. The second kappa shape index (κ2) is 6.19. The molecular weight excluding hydrogens is 268 g/mol. The summed E-state index contributed by atoms with van der Waals surface area (Å²) in [6.45, 7) is 5.07. The fourth-order valence-corrected chi connectivity index (χ4v) is 2.50. The molecule has 2 rings (SSSR count). The van der Waals surface area contributed by atoms with Gasteiger partial charge in [-0.15, -0.1) is 0 Å². The number of anilines is 2. The lowest BCUT2D eigenvalue weighted by molar-refractivity contribution is 0.916. The van der Waals surface area contributed by atoms with Crippen LogP contribution in [0.25, 0.3) is 0 Å². The highest BCUT2D eigenvalue weighted by Gasteiger charge is 2.08. The zero-order valence-electron chi connectivity index (χ0n) is 12.3. The highest BCUT2D eigenvalue weighted by molar-refractivity contribution is 6.33. The minimum Gasteiger partial charge on any atom is -0.398 e. The van der Waals surface area contributed by atoms with Gasteiger partial charge in [-0.05, 0) is 42.2 Å². The summed E-state index contributed by atoms with van der Waals surface area (Å²) >= 11 is 6.12. The first-order valence-corrected chi connectivity index (χ1v) is 7.23. The number of nitrogens with zero attached hydrogens (tertiary/aromatic N) is 1. The van der Waals surface area contributed by atoms with Crippen molar-refractivity contribution >= 4 is 23.0 Å². The van der Waals surface area contributed by atoms with Crippen molar-refractivity contribution in [2.24, 2.45) is 0 Å². The summed E-state index contributed by atoms with van der Waals surface area (Å²) in [6.07, 6.45) is 1.07. The van der Waals surface area contributed by atoms with Crippen LogP contribution in [0.4, 0.5) is 11.4 Å². The molecule has 0 saturated carbocycles. The minimum atomic E-state index is 0.610. The fraction of sp³-hybridized carbons (Fsp3) is 0.294. The molecule has 0 spiro atoms. The van der Waals surface area contributed by atoms with E-state index in [-0.39, 0.29) is 0 Å². The Kier molecular flexibility index (Phi) is 4.56. The molecule has 0 heterocycles. The highest BCUT2D eigenvalue weighted by atomic mass is 35.5. The number of nitrogens with two attached hydrogens (primary N) is 1. The van der Waals surface area contributed by atoms with E-state index in [4.69, 9.17) is 17.3 Å². The van der Waals surface area contributed by atoms with Crippen LogP contribution in [0.1, 0.15) is 23.6 Å². The van der Waals surface area contributed by atoms with Crippen LogP contribution in [0.2, 0.25) is 5.02 Å². The van der Waals surface area contributed by atoms with Gasteiger partial charge in [-0.1, -0.05) is 42.8 Å². The van der Waals surface area contributed by atoms with Crippen molar-refractivity contribution in [3.05, 3.63) is 58.1 Å². The van der Waals surface area contributed by atoms with Crippen LogP contribution in [0, 0.1) is 6.92 Å². The summed E-state index contributed by atoms with van der Waals surface area (Å²) in [5.41, 5.74) is 11.4. The van der Waals surface area contributed by atoms with Crippen LogP contribution < -0.4 is 10.6 Å². The maximum absolute atomic E-state index is 6.12. The van der Waals surface area contributed by atoms with Gasteiger partial charge in [0.25, 0.3) is 0 Å². The second-order valence-electron chi connectivity index (χ2n) is 5.19. The molecule has 3 heteroatoms. The monoisotopic (exact) mass is 288 g/mol. The number of hydrogen-bond acceptors (Lipinski definition) is 2. The van der Waals surface area contributed by atoms with Gasteiger partial charge >= 0.3 is 0 Å². The zero-order valence-corrected chi connectivity index (χ0v) is 13.0. The van der Waals surface area contributed by atoms with Crippen LogP contribution in [0.5, 0.6) is 0 Å². The molecule has 0 radical (unpaired) electrons. The number of halogens is 1. The van der Waals surface area contributed by atoms with Crippen LogP contribution in [-0.2, 0) is 13.0 Å². The lowest BCUT2D eigenvalue weighted by Crippen LogP contribution is -2.17. The highest BCUT2D eigenvalue weighted by Crippen LogP contribution is 2.29. The molecule has 0 aliphatic carbocycles. The number of nitrogen functional groups attached to an aromatic ring is 1. The third-order valence-electron chi connectivity index (χ3n) is 3.58. The molecule has 2 N–H and O–H groups in total. The summed E-state index contributed by atoms with van der Waals surface area (Å²) in [7, 11) is 2.07. The third kappa shape index (κ3) is 3.26. The molecule has 0 fully saturated rings. The SMILES string of the molecule is CCc1ccc(CN(C)c2cc(Cl)c(N)cc2C)cc1.